The maximum Gasteiger partial charge on any atom is 0.222 e. The molecule has 3 heterocycles. The van der Waals surface area contributed by atoms with Crippen LogP contribution in [0, 0.1) is 5.92 Å². The molecule has 3 rings (SSSR count). The SMILES string of the molecule is OCCN1CCOC[C@]2(C[C@H](CNc3ncccn3)CO2)C1. The van der Waals surface area contributed by atoms with Gasteiger partial charge in [0.1, 0.15) is 5.60 Å². The number of aliphatic hydroxyl groups excluding tert-OH is 1. The fourth-order valence-corrected chi connectivity index (χ4v) is 3.22. The van der Waals surface area contributed by atoms with Crippen molar-refractivity contribution in [2.45, 2.75) is 12.0 Å². The van der Waals surface area contributed by atoms with Crippen LogP contribution in [0.15, 0.2) is 18.5 Å². The molecule has 0 aliphatic carbocycles. The maximum atomic E-state index is 9.16. The van der Waals surface area contributed by atoms with Gasteiger partial charge in [0.05, 0.1) is 26.4 Å². The Morgan fingerprint density at radius 1 is 1.41 bits per heavy atom. The summed E-state index contributed by atoms with van der Waals surface area (Å²) in [4.78, 5) is 10.6. The predicted molar refractivity (Wildman–Crippen MR) is 81.7 cm³/mol. The first-order valence-corrected chi connectivity index (χ1v) is 7.85. The van der Waals surface area contributed by atoms with Crippen LogP contribution in [0.3, 0.4) is 0 Å². The van der Waals surface area contributed by atoms with Gasteiger partial charge < -0.3 is 19.9 Å². The van der Waals surface area contributed by atoms with E-state index in [2.05, 4.69) is 20.2 Å². The largest absolute Gasteiger partial charge is 0.395 e. The number of ether oxygens (including phenoxy) is 2. The lowest BCUT2D eigenvalue weighted by Crippen LogP contribution is -2.45. The molecule has 0 amide bonds. The second-order valence-corrected chi connectivity index (χ2v) is 6.07. The molecule has 0 unspecified atom stereocenters. The van der Waals surface area contributed by atoms with Crippen molar-refractivity contribution in [1.82, 2.24) is 14.9 Å². The molecule has 0 radical (unpaired) electrons. The van der Waals surface area contributed by atoms with Gasteiger partial charge >= 0.3 is 0 Å². The lowest BCUT2D eigenvalue weighted by atomic mass is 9.94. The third-order valence-corrected chi connectivity index (χ3v) is 4.25. The van der Waals surface area contributed by atoms with E-state index in [1.807, 2.05) is 0 Å². The van der Waals surface area contributed by atoms with Crippen LogP contribution in [0.1, 0.15) is 6.42 Å². The molecule has 122 valence electrons. The summed E-state index contributed by atoms with van der Waals surface area (Å²) >= 11 is 0. The van der Waals surface area contributed by atoms with E-state index in [4.69, 9.17) is 14.6 Å². The minimum atomic E-state index is -0.241. The van der Waals surface area contributed by atoms with Crippen LogP contribution in [0.2, 0.25) is 0 Å². The zero-order valence-electron chi connectivity index (χ0n) is 12.8. The molecule has 2 aliphatic heterocycles. The van der Waals surface area contributed by atoms with Crippen LogP contribution < -0.4 is 5.32 Å². The molecule has 7 heteroatoms. The number of hydrogen-bond acceptors (Lipinski definition) is 7. The van der Waals surface area contributed by atoms with Crippen molar-refractivity contribution in [2.75, 3.05) is 57.9 Å². The van der Waals surface area contributed by atoms with Crippen molar-refractivity contribution in [3.63, 3.8) is 0 Å². The van der Waals surface area contributed by atoms with E-state index in [1.54, 1.807) is 18.5 Å². The summed E-state index contributed by atoms with van der Waals surface area (Å²) in [6.07, 6.45) is 4.41. The average molecular weight is 308 g/mol. The van der Waals surface area contributed by atoms with Gasteiger partial charge in [-0.25, -0.2) is 9.97 Å². The van der Waals surface area contributed by atoms with Gasteiger partial charge in [-0.2, -0.15) is 0 Å². The molecule has 1 spiro atoms. The number of nitrogens with zero attached hydrogens (tertiary/aromatic N) is 3. The van der Waals surface area contributed by atoms with E-state index < -0.39 is 0 Å². The number of β-amino-alcohol motifs (C(OH)–C–C–N with tert-alkyl or cyclic N) is 1. The Morgan fingerprint density at radius 3 is 3.09 bits per heavy atom. The normalized spacial score (nSPS) is 29.6. The summed E-state index contributed by atoms with van der Waals surface area (Å²) in [5, 5.41) is 12.4. The summed E-state index contributed by atoms with van der Waals surface area (Å²) in [5.74, 6) is 1.07. The van der Waals surface area contributed by atoms with Gasteiger partial charge in [-0.05, 0) is 12.5 Å². The summed E-state index contributed by atoms with van der Waals surface area (Å²) in [6.45, 7) is 5.38. The lowest BCUT2D eigenvalue weighted by molar-refractivity contribution is -0.0563. The Morgan fingerprint density at radius 2 is 2.27 bits per heavy atom. The van der Waals surface area contributed by atoms with E-state index in [-0.39, 0.29) is 12.2 Å². The van der Waals surface area contributed by atoms with E-state index in [0.29, 0.717) is 31.6 Å². The van der Waals surface area contributed by atoms with Gasteiger partial charge in [0.2, 0.25) is 5.95 Å². The minimum Gasteiger partial charge on any atom is -0.395 e. The second kappa shape index (κ2) is 7.32. The standard InChI is InChI=1S/C15H24N4O3/c20-6-4-19-5-7-21-12-15(11-19)8-13(10-22-15)9-18-14-16-2-1-3-17-14/h1-3,13,20H,4-12H2,(H,16,17,18)/t13-,15+/m1/s1. The first-order chi connectivity index (χ1) is 10.8. The van der Waals surface area contributed by atoms with Crippen molar-refractivity contribution in [3.8, 4) is 0 Å². The molecule has 2 fully saturated rings. The Hall–Kier alpha value is -1.28. The van der Waals surface area contributed by atoms with Crippen molar-refractivity contribution >= 4 is 5.95 Å². The molecule has 0 saturated carbocycles. The van der Waals surface area contributed by atoms with Gasteiger partial charge in [-0.1, -0.05) is 0 Å². The monoisotopic (exact) mass is 308 g/mol. The number of aromatic nitrogens is 2. The second-order valence-electron chi connectivity index (χ2n) is 6.07. The van der Waals surface area contributed by atoms with Crippen LogP contribution in [0.25, 0.3) is 0 Å². The van der Waals surface area contributed by atoms with Gasteiger partial charge in [0.15, 0.2) is 0 Å². The van der Waals surface area contributed by atoms with Crippen LogP contribution >= 0.6 is 0 Å². The number of anilines is 1. The number of rotatable bonds is 5. The molecule has 2 atom stereocenters. The van der Waals surface area contributed by atoms with E-state index in [1.165, 1.54) is 0 Å². The highest BCUT2D eigenvalue weighted by Gasteiger charge is 2.43. The fourth-order valence-electron chi connectivity index (χ4n) is 3.22. The molecule has 2 saturated heterocycles. The summed E-state index contributed by atoms with van der Waals surface area (Å²) in [6, 6.07) is 1.80. The molecule has 1 aromatic heterocycles. The molecule has 2 N–H and O–H groups in total. The Kier molecular flexibility index (Phi) is 5.20. The third kappa shape index (κ3) is 3.92. The third-order valence-electron chi connectivity index (χ3n) is 4.25. The smallest absolute Gasteiger partial charge is 0.222 e. The summed E-state index contributed by atoms with van der Waals surface area (Å²) in [5.41, 5.74) is -0.241. The van der Waals surface area contributed by atoms with Crippen LogP contribution in [0.4, 0.5) is 5.95 Å². The molecule has 0 aromatic carbocycles. The molecule has 0 bridgehead atoms. The molecule has 1 aromatic rings. The summed E-state index contributed by atoms with van der Waals surface area (Å²) < 4.78 is 11.8. The Bertz CT molecular complexity index is 461. The van der Waals surface area contributed by atoms with Crippen LogP contribution in [0.5, 0.6) is 0 Å². The molecular weight excluding hydrogens is 284 g/mol. The molecule has 22 heavy (non-hydrogen) atoms. The topological polar surface area (TPSA) is 79.7 Å². The zero-order chi connectivity index (χ0) is 15.3. The molecular formula is C15H24N4O3. The first kappa shape index (κ1) is 15.6. The van der Waals surface area contributed by atoms with Gasteiger partial charge in [0.25, 0.3) is 0 Å². The Balaban J connectivity index is 1.53. The van der Waals surface area contributed by atoms with Crippen molar-refractivity contribution in [2.24, 2.45) is 5.92 Å². The van der Waals surface area contributed by atoms with Crippen molar-refractivity contribution < 1.29 is 14.6 Å². The number of aliphatic hydroxyl groups is 1. The van der Waals surface area contributed by atoms with Gasteiger partial charge in [-0.15, -0.1) is 0 Å². The summed E-state index contributed by atoms with van der Waals surface area (Å²) in [7, 11) is 0. The molecule has 7 nitrogen and oxygen atoms in total. The first-order valence-electron chi connectivity index (χ1n) is 7.85. The van der Waals surface area contributed by atoms with Crippen molar-refractivity contribution in [3.05, 3.63) is 18.5 Å². The fraction of sp³-hybridized carbons (Fsp3) is 0.733. The van der Waals surface area contributed by atoms with Crippen LogP contribution in [-0.2, 0) is 9.47 Å². The highest BCUT2D eigenvalue weighted by atomic mass is 16.5. The quantitative estimate of drug-likeness (QED) is 0.792. The maximum absolute atomic E-state index is 9.16. The predicted octanol–water partition coefficient (Wildman–Crippen LogP) is -0.0117. The average Bonchev–Trinajstić information content (AvgIpc) is 2.82. The highest BCUT2D eigenvalue weighted by molar-refractivity contribution is 5.22. The van der Waals surface area contributed by atoms with E-state index in [0.717, 1.165) is 32.7 Å². The van der Waals surface area contributed by atoms with E-state index in [9.17, 15) is 0 Å². The minimum absolute atomic E-state index is 0.173. The Labute approximate surface area is 130 Å². The molecule has 2 aliphatic rings. The van der Waals surface area contributed by atoms with Crippen molar-refractivity contribution in [1.29, 1.82) is 0 Å². The number of hydrogen-bond donors (Lipinski definition) is 2. The van der Waals surface area contributed by atoms with Gasteiger partial charge in [0, 0.05) is 44.5 Å². The van der Waals surface area contributed by atoms with Gasteiger partial charge in [-0.3, -0.25) is 4.90 Å². The van der Waals surface area contributed by atoms with Crippen LogP contribution in [-0.4, -0.2) is 78.2 Å². The zero-order valence-corrected chi connectivity index (χ0v) is 12.8. The highest BCUT2D eigenvalue weighted by Crippen LogP contribution is 2.32. The lowest BCUT2D eigenvalue weighted by Gasteiger charge is -2.30. The number of nitrogens with one attached hydrogen (secondary N) is 1. The van der Waals surface area contributed by atoms with E-state index >= 15 is 0 Å².